The quantitative estimate of drug-likeness (QED) is 0.576. The van der Waals surface area contributed by atoms with Crippen molar-refractivity contribution in [3.05, 3.63) is 82.1 Å². The average Bonchev–Trinajstić information content (AvgIpc) is 3.26. The smallest absolute Gasteiger partial charge is 0.416 e. The second-order valence-electron chi connectivity index (χ2n) is 6.49. The fraction of sp³-hybridized carbons (Fsp3) is 0.0952. The highest BCUT2D eigenvalue weighted by molar-refractivity contribution is 6.03. The molecule has 2 N–H and O–H groups in total. The molecular formula is C21H11F4NO3. The van der Waals surface area contributed by atoms with Crippen LogP contribution in [0.15, 0.2) is 46.9 Å². The lowest BCUT2D eigenvalue weighted by Crippen LogP contribution is -2.09. The maximum atomic E-state index is 13.9. The number of aromatic hydroxyl groups is 2. The van der Waals surface area contributed by atoms with Gasteiger partial charge in [-0.3, -0.25) is 0 Å². The van der Waals surface area contributed by atoms with Crippen LogP contribution < -0.4 is 0 Å². The highest BCUT2D eigenvalue weighted by atomic mass is 19.4. The summed E-state index contributed by atoms with van der Waals surface area (Å²) >= 11 is 0. The second kappa shape index (κ2) is 6.41. The molecule has 8 heteroatoms. The van der Waals surface area contributed by atoms with Crippen LogP contribution in [0.5, 0.6) is 11.5 Å². The summed E-state index contributed by atoms with van der Waals surface area (Å²) in [5.41, 5.74) is -0.245. The van der Waals surface area contributed by atoms with Crippen LogP contribution in [0.4, 0.5) is 17.6 Å². The van der Waals surface area contributed by atoms with Crippen LogP contribution in [0.2, 0.25) is 0 Å². The van der Waals surface area contributed by atoms with E-state index < -0.39 is 29.1 Å². The van der Waals surface area contributed by atoms with Crippen molar-refractivity contribution in [1.29, 1.82) is 5.26 Å². The number of fused-ring (bicyclic) bond motifs is 1. The number of alkyl halides is 3. The summed E-state index contributed by atoms with van der Waals surface area (Å²) in [4.78, 5) is 0. The first-order valence-corrected chi connectivity index (χ1v) is 8.35. The molecule has 1 aliphatic rings. The molecule has 0 atom stereocenters. The Morgan fingerprint density at radius 3 is 2.41 bits per heavy atom. The minimum absolute atomic E-state index is 0.0478. The number of allylic oxidation sites excluding steroid dienone is 1. The number of nitrogens with zero attached hydrogens (tertiary/aromatic N) is 1. The van der Waals surface area contributed by atoms with Crippen LogP contribution in [-0.4, -0.2) is 10.2 Å². The summed E-state index contributed by atoms with van der Waals surface area (Å²) in [6.45, 7) is 0. The Hall–Kier alpha value is -3.73. The first-order valence-electron chi connectivity index (χ1n) is 8.35. The normalized spacial score (nSPS) is 13.5. The van der Waals surface area contributed by atoms with Gasteiger partial charge >= 0.3 is 6.18 Å². The summed E-state index contributed by atoms with van der Waals surface area (Å²) in [6.07, 6.45) is -4.92. The molecule has 1 aliphatic carbocycles. The number of hydrogen-bond donors (Lipinski definition) is 2. The molecular weight excluding hydrogens is 390 g/mol. The van der Waals surface area contributed by atoms with Crippen LogP contribution in [-0.2, 0) is 12.6 Å². The molecule has 0 amide bonds. The molecule has 0 bridgehead atoms. The SMILES string of the molecule is N#Cc1ccc(C2=C(c3ccc(O)c(F)c3)Cc3c2cc(O)cc3C(F)(F)F)o1. The third kappa shape index (κ3) is 3.10. The van der Waals surface area contributed by atoms with Gasteiger partial charge < -0.3 is 14.6 Å². The van der Waals surface area contributed by atoms with Gasteiger partial charge in [0.15, 0.2) is 11.6 Å². The van der Waals surface area contributed by atoms with E-state index in [9.17, 15) is 27.8 Å². The summed E-state index contributed by atoms with van der Waals surface area (Å²) in [5.74, 6) is -2.04. The summed E-state index contributed by atoms with van der Waals surface area (Å²) in [5, 5.41) is 28.3. The minimum atomic E-state index is -4.72. The lowest BCUT2D eigenvalue weighted by atomic mass is 9.98. The average molecular weight is 401 g/mol. The third-order valence-corrected chi connectivity index (χ3v) is 4.72. The number of rotatable bonds is 2. The fourth-order valence-corrected chi connectivity index (χ4v) is 3.51. The van der Waals surface area contributed by atoms with Gasteiger partial charge in [0.25, 0.3) is 0 Å². The number of benzene rings is 2. The molecule has 0 unspecified atom stereocenters. The van der Waals surface area contributed by atoms with Crippen molar-refractivity contribution in [2.45, 2.75) is 12.6 Å². The Morgan fingerprint density at radius 2 is 1.79 bits per heavy atom. The van der Waals surface area contributed by atoms with Gasteiger partial charge in [0.1, 0.15) is 17.6 Å². The Labute approximate surface area is 161 Å². The van der Waals surface area contributed by atoms with Crippen molar-refractivity contribution in [1.82, 2.24) is 0 Å². The van der Waals surface area contributed by atoms with E-state index in [0.29, 0.717) is 11.6 Å². The van der Waals surface area contributed by atoms with Gasteiger partial charge in [-0.15, -0.1) is 0 Å². The number of phenols is 2. The van der Waals surface area contributed by atoms with E-state index in [2.05, 4.69) is 0 Å². The van der Waals surface area contributed by atoms with E-state index in [1.54, 1.807) is 6.07 Å². The maximum Gasteiger partial charge on any atom is 0.416 e. The van der Waals surface area contributed by atoms with E-state index in [1.165, 1.54) is 24.3 Å². The molecule has 1 heterocycles. The van der Waals surface area contributed by atoms with Gasteiger partial charge in [-0.25, -0.2) is 4.39 Å². The zero-order valence-electron chi connectivity index (χ0n) is 14.5. The molecule has 2 aromatic carbocycles. The monoisotopic (exact) mass is 401 g/mol. The molecule has 0 radical (unpaired) electrons. The second-order valence-corrected chi connectivity index (χ2v) is 6.49. The van der Waals surface area contributed by atoms with E-state index in [0.717, 1.165) is 12.1 Å². The molecule has 146 valence electrons. The zero-order valence-corrected chi connectivity index (χ0v) is 14.5. The molecule has 1 aromatic heterocycles. The number of nitriles is 1. The van der Waals surface area contributed by atoms with E-state index in [1.807, 2.05) is 0 Å². The summed E-state index contributed by atoms with van der Waals surface area (Å²) in [7, 11) is 0. The largest absolute Gasteiger partial charge is 0.508 e. The minimum Gasteiger partial charge on any atom is -0.508 e. The molecule has 3 aromatic rings. The predicted molar refractivity (Wildman–Crippen MR) is 94.2 cm³/mol. The molecule has 4 rings (SSSR count). The zero-order chi connectivity index (χ0) is 20.9. The van der Waals surface area contributed by atoms with Crippen molar-refractivity contribution >= 4 is 11.1 Å². The van der Waals surface area contributed by atoms with Crippen LogP contribution in [0, 0.1) is 17.1 Å². The number of phenolic OH excluding ortho intramolecular Hbond substituents is 2. The first kappa shape index (κ1) is 18.6. The predicted octanol–water partition coefficient (Wildman–Crippen LogP) is 5.24. The van der Waals surface area contributed by atoms with Crippen LogP contribution in [0.25, 0.3) is 11.1 Å². The molecule has 0 saturated carbocycles. The molecule has 0 aliphatic heterocycles. The fourth-order valence-electron chi connectivity index (χ4n) is 3.51. The topological polar surface area (TPSA) is 77.4 Å². The molecule has 0 fully saturated rings. The first-order chi connectivity index (χ1) is 13.7. The van der Waals surface area contributed by atoms with Crippen molar-refractivity contribution in [3.63, 3.8) is 0 Å². The standard InChI is InChI=1S/C21H11F4NO3/c22-17-5-10(1-3-18(17)28)13-8-14-15(6-11(27)7-16(14)21(23,24)25)20(13)19-4-2-12(9-26)29-19/h1-7,27-28H,8H2. The molecule has 0 spiro atoms. The Morgan fingerprint density at radius 1 is 1.03 bits per heavy atom. The van der Waals surface area contributed by atoms with Crippen molar-refractivity contribution in [2.24, 2.45) is 0 Å². The Bertz CT molecular complexity index is 1220. The van der Waals surface area contributed by atoms with Gasteiger partial charge in [0.2, 0.25) is 5.76 Å². The number of hydrogen-bond acceptors (Lipinski definition) is 4. The van der Waals surface area contributed by atoms with Crippen molar-refractivity contribution < 1.29 is 32.2 Å². The van der Waals surface area contributed by atoms with Crippen molar-refractivity contribution in [3.8, 4) is 17.6 Å². The van der Waals surface area contributed by atoms with Gasteiger partial charge in [0, 0.05) is 12.0 Å². The van der Waals surface area contributed by atoms with Crippen molar-refractivity contribution in [2.75, 3.05) is 0 Å². The van der Waals surface area contributed by atoms with Crippen LogP contribution in [0.3, 0.4) is 0 Å². The van der Waals surface area contributed by atoms with Gasteiger partial charge in [0.05, 0.1) is 5.56 Å². The molecule has 4 nitrogen and oxygen atoms in total. The summed E-state index contributed by atoms with van der Waals surface area (Å²) < 4.78 is 60.0. The molecule has 29 heavy (non-hydrogen) atoms. The van der Waals surface area contributed by atoms with E-state index in [4.69, 9.17) is 9.68 Å². The number of halogens is 4. The van der Waals surface area contributed by atoms with E-state index in [-0.39, 0.29) is 40.2 Å². The third-order valence-electron chi connectivity index (χ3n) is 4.72. The van der Waals surface area contributed by atoms with E-state index >= 15 is 0 Å². The summed E-state index contributed by atoms with van der Waals surface area (Å²) in [6, 6.07) is 9.90. The Balaban J connectivity index is 2.01. The van der Waals surface area contributed by atoms with Gasteiger partial charge in [-0.2, -0.15) is 18.4 Å². The lowest BCUT2D eigenvalue weighted by Gasteiger charge is -2.13. The Kier molecular flexibility index (Phi) is 4.12. The highest BCUT2D eigenvalue weighted by Crippen LogP contribution is 2.48. The van der Waals surface area contributed by atoms with Crippen LogP contribution >= 0.6 is 0 Å². The highest BCUT2D eigenvalue weighted by Gasteiger charge is 2.39. The molecule has 0 saturated heterocycles. The lowest BCUT2D eigenvalue weighted by molar-refractivity contribution is -0.138. The number of furan rings is 1. The van der Waals surface area contributed by atoms with Gasteiger partial charge in [-0.1, -0.05) is 6.07 Å². The van der Waals surface area contributed by atoms with Crippen LogP contribution in [0.1, 0.15) is 33.8 Å². The maximum absolute atomic E-state index is 13.9. The van der Waals surface area contributed by atoms with Gasteiger partial charge in [-0.05, 0) is 58.7 Å².